The number of aliphatic imine (C=N–C) groups is 1. The quantitative estimate of drug-likeness (QED) is 0.365. The van der Waals surface area contributed by atoms with Gasteiger partial charge in [0.2, 0.25) is 5.25 Å². The molecule has 0 bridgehead atoms. The first-order valence-electron chi connectivity index (χ1n) is 9.42. The predicted molar refractivity (Wildman–Crippen MR) is 103 cm³/mol. The van der Waals surface area contributed by atoms with Gasteiger partial charge in [-0.25, -0.2) is 8.42 Å². The summed E-state index contributed by atoms with van der Waals surface area (Å²) < 4.78 is 104. The van der Waals surface area contributed by atoms with Crippen LogP contribution in [0.2, 0.25) is 0 Å². The summed E-state index contributed by atoms with van der Waals surface area (Å²) in [6, 6.07) is 2.02. The molecule has 0 amide bonds. The van der Waals surface area contributed by atoms with Crippen LogP contribution in [0.3, 0.4) is 0 Å². The highest BCUT2D eigenvalue weighted by atomic mass is 32.2. The molecule has 1 aliphatic carbocycles. The molecule has 1 aromatic carbocycles. The number of nitriles is 1. The van der Waals surface area contributed by atoms with Gasteiger partial charge < -0.3 is 5.32 Å². The third-order valence-corrected chi connectivity index (χ3v) is 7.16. The van der Waals surface area contributed by atoms with E-state index >= 15 is 0 Å². The average Bonchev–Trinajstić information content (AvgIpc) is 3.13. The second-order valence-corrected chi connectivity index (χ2v) is 10.1. The Bertz CT molecular complexity index is 940. The molecule has 0 saturated heterocycles. The lowest BCUT2D eigenvalue weighted by atomic mass is 10.1. The van der Waals surface area contributed by atoms with Crippen molar-refractivity contribution in [1.29, 1.82) is 5.26 Å². The lowest BCUT2D eigenvalue weighted by molar-refractivity contribution is -0.143. The molecular formula is C19H21F6N3O2S. The largest absolute Gasteiger partial charge is 0.416 e. The van der Waals surface area contributed by atoms with Crippen LogP contribution in [-0.4, -0.2) is 30.8 Å². The number of rotatable bonds is 5. The number of nitrogens with zero attached hydrogens (tertiary/aromatic N) is 2. The first-order valence-corrected chi connectivity index (χ1v) is 11.0. The molecule has 5 nitrogen and oxygen atoms in total. The van der Waals surface area contributed by atoms with Crippen LogP contribution in [0.15, 0.2) is 23.2 Å². The first kappa shape index (κ1) is 25.0. The molecule has 0 heterocycles. The molecule has 12 heteroatoms. The van der Waals surface area contributed by atoms with Crippen LogP contribution in [0.25, 0.3) is 0 Å². The van der Waals surface area contributed by atoms with E-state index in [1.54, 1.807) is 6.07 Å². The Kier molecular flexibility index (Phi) is 7.30. The second kappa shape index (κ2) is 9.06. The molecule has 1 aliphatic rings. The van der Waals surface area contributed by atoms with Crippen molar-refractivity contribution in [2.45, 2.75) is 68.4 Å². The Morgan fingerprint density at radius 2 is 1.55 bits per heavy atom. The van der Waals surface area contributed by atoms with E-state index in [0.717, 1.165) is 12.8 Å². The fraction of sp³-hybridized carbons (Fsp3) is 0.579. The molecule has 1 fully saturated rings. The van der Waals surface area contributed by atoms with Gasteiger partial charge in [0.1, 0.15) is 5.84 Å². The number of nitrogens with one attached hydrogen (secondary N) is 1. The monoisotopic (exact) mass is 469 g/mol. The van der Waals surface area contributed by atoms with Crippen LogP contribution in [0.4, 0.5) is 32.0 Å². The lowest BCUT2D eigenvalue weighted by Crippen LogP contribution is -2.39. The second-order valence-electron chi connectivity index (χ2n) is 7.52. The van der Waals surface area contributed by atoms with Gasteiger partial charge in [-0.05, 0) is 44.9 Å². The lowest BCUT2D eigenvalue weighted by Gasteiger charge is -2.21. The van der Waals surface area contributed by atoms with Crippen molar-refractivity contribution in [3.63, 3.8) is 0 Å². The summed E-state index contributed by atoms with van der Waals surface area (Å²) in [7, 11) is -4.13. The van der Waals surface area contributed by atoms with Gasteiger partial charge in [-0.1, -0.05) is 12.8 Å². The smallest absolute Gasteiger partial charge is 0.342 e. The topological polar surface area (TPSA) is 82.3 Å². The van der Waals surface area contributed by atoms with Gasteiger partial charge in [0.25, 0.3) is 0 Å². The summed E-state index contributed by atoms with van der Waals surface area (Å²) in [5.41, 5.74) is -3.78. The highest BCUT2D eigenvalue weighted by Gasteiger charge is 2.38. The molecular weight excluding hydrogens is 448 g/mol. The summed E-state index contributed by atoms with van der Waals surface area (Å²) in [6.07, 6.45) is -7.42. The van der Waals surface area contributed by atoms with E-state index in [-0.39, 0.29) is 12.1 Å². The van der Waals surface area contributed by atoms with Crippen LogP contribution in [0.1, 0.15) is 50.7 Å². The number of hydrogen-bond acceptors (Lipinski definition) is 4. The molecule has 1 N–H and O–H groups in total. The maximum atomic E-state index is 13.1. The van der Waals surface area contributed by atoms with Crippen molar-refractivity contribution in [2.24, 2.45) is 4.99 Å². The fourth-order valence-electron chi connectivity index (χ4n) is 3.13. The van der Waals surface area contributed by atoms with E-state index < -0.39 is 55.3 Å². The normalized spacial score (nSPS) is 17.6. The maximum absolute atomic E-state index is 13.1. The predicted octanol–water partition coefficient (Wildman–Crippen LogP) is 5.19. The number of benzene rings is 1. The van der Waals surface area contributed by atoms with Gasteiger partial charge in [-0.3, -0.25) is 4.99 Å². The Hall–Kier alpha value is -2.29. The zero-order chi connectivity index (χ0) is 23.6. The Labute approximate surface area is 176 Å². The first-order chi connectivity index (χ1) is 14.2. The molecule has 1 atom stereocenters. The van der Waals surface area contributed by atoms with Gasteiger partial charge >= 0.3 is 12.4 Å². The van der Waals surface area contributed by atoms with Gasteiger partial charge in [-0.15, -0.1) is 0 Å². The number of amidine groups is 1. The third-order valence-electron chi connectivity index (χ3n) is 4.86. The zero-order valence-electron chi connectivity index (χ0n) is 16.7. The van der Waals surface area contributed by atoms with Crippen molar-refractivity contribution < 1.29 is 34.8 Å². The zero-order valence-corrected chi connectivity index (χ0v) is 17.5. The van der Waals surface area contributed by atoms with E-state index in [1.807, 2.05) is 0 Å². The summed E-state index contributed by atoms with van der Waals surface area (Å²) >= 11 is 0. The molecule has 2 rings (SSSR count). The summed E-state index contributed by atoms with van der Waals surface area (Å²) in [5.74, 6) is -0.476. The number of anilines is 1. The molecule has 0 radical (unpaired) electrons. The molecule has 0 spiro atoms. The molecule has 1 aromatic rings. The highest BCUT2D eigenvalue weighted by molar-refractivity contribution is 7.93. The van der Waals surface area contributed by atoms with Crippen molar-refractivity contribution in [3.8, 4) is 6.07 Å². The standard InChI is InChI=1S/C19H21F6N3O2S/c1-11(2)31(29,30)16(10-26)17(27-14-5-3-4-6-14)28-15-8-12(18(20,21)22)7-13(9-15)19(23,24)25/h7-9,11,14,16H,3-6H2,1-2H3,(H,27,28). The van der Waals surface area contributed by atoms with Crippen LogP contribution in [-0.2, 0) is 22.2 Å². The summed E-state index contributed by atoms with van der Waals surface area (Å²) in [6.45, 7) is 2.64. The highest BCUT2D eigenvalue weighted by Crippen LogP contribution is 2.37. The molecule has 31 heavy (non-hydrogen) atoms. The minimum Gasteiger partial charge on any atom is -0.342 e. The number of hydrogen-bond donors (Lipinski definition) is 1. The van der Waals surface area contributed by atoms with Crippen molar-refractivity contribution in [3.05, 3.63) is 29.3 Å². The number of alkyl halides is 6. The molecule has 0 aromatic heterocycles. The maximum Gasteiger partial charge on any atom is 0.416 e. The van der Waals surface area contributed by atoms with E-state index in [9.17, 15) is 40.0 Å². The molecule has 0 aliphatic heterocycles. The van der Waals surface area contributed by atoms with Crippen LogP contribution in [0.5, 0.6) is 0 Å². The third kappa shape index (κ3) is 6.12. The molecule has 172 valence electrons. The molecule has 1 unspecified atom stereocenters. The van der Waals surface area contributed by atoms with Gasteiger partial charge in [-0.2, -0.15) is 31.6 Å². The summed E-state index contributed by atoms with van der Waals surface area (Å²) in [4.78, 5) is 4.22. The summed E-state index contributed by atoms with van der Waals surface area (Å²) in [5, 5.41) is 8.90. The van der Waals surface area contributed by atoms with E-state index in [1.165, 1.54) is 13.8 Å². The van der Waals surface area contributed by atoms with E-state index in [4.69, 9.17) is 0 Å². The van der Waals surface area contributed by atoms with Gasteiger partial charge in [0, 0.05) is 5.69 Å². The van der Waals surface area contributed by atoms with Gasteiger partial charge in [0.15, 0.2) is 9.84 Å². The number of sulfone groups is 1. The minimum atomic E-state index is -5.07. The van der Waals surface area contributed by atoms with E-state index in [0.29, 0.717) is 25.0 Å². The Balaban J connectivity index is 2.60. The fourth-order valence-corrected chi connectivity index (χ4v) is 4.26. The van der Waals surface area contributed by atoms with Crippen molar-refractivity contribution >= 4 is 21.4 Å². The van der Waals surface area contributed by atoms with E-state index in [2.05, 4.69) is 10.3 Å². The van der Waals surface area contributed by atoms with Crippen molar-refractivity contribution in [1.82, 2.24) is 0 Å². The Morgan fingerprint density at radius 1 is 1.06 bits per heavy atom. The van der Waals surface area contributed by atoms with Gasteiger partial charge in [0.05, 0.1) is 28.5 Å². The SMILES string of the molecule is CC(C)S(=O)(=O)C(C#N)C(=NC1CCCC1)Nc1cc(C(F)(F)F)cc(C(F)(F)F)c1. The average molecular weight is 469 g/mol. The Morgan fingerprint density at radius 3 is 1.94 bits per heavy atom. The van der Waals surface area contributed by atoms with Crippen LogP contribution < -0.4 is 5.32 Å². The van der Waals surface area contributed by atoms with Crippen LogP contribution >= 0.6 is 0 Å². The minimum absolute atomic E-state index is 0.0361. The number of halogens is 6. The van der Waals surface area contributed by atoms with Crippen LogP contribution in [0, 0.1) is 11.3 Å². The molecule has 1 saturated carbocycles. The van der Waals surface area contributed by atoms with Crippen molar-refractivity contribution in [2.75, 3.05) is 5.32 Å².